The second-order valence-electron chi connectivity index (χ2n) is 6.15. The Balaban J connectivity index is 0.00000192. The number of anilines is 1. The summed E-state index contributed by atoms with van der Waals surface area (Å²) in [5.41, 5.74) is 6.02. The van der Waals surface area contributed by atoms with Gasteiger partial charge in [-0.3, -0.25) is 9.59 Å². The molecule has 23 heavy (non-hydrogen) atoms. The van der Waals surface area contributed by atoms with Gasteiger partial charge in [0.2, 0.25) is 11.8 Å². The van der Waals surface area contributed by atoms with Gasteiger partial charge in [-0.15, -0.1) is 12.4 Å². The van der Waals surface area contributed by atoms with Crippen molar-refractivity contribution in [3.8, 4) is 0 Å². The van der Waals surface area contributed by atoms with Crippen LogP contribution in [0.3, 0.4) is 0 Å². The largest absolute Gasteiger partial charge is 0.366 e. The Morgan fingerprint density at radius 2 is 2.00 bits per heavy atom. The van der Waals surface area contributed by atoms with Gasteiger partial charge in [0.1, 0.15) is 0 Å². The normalized spacial score (nSPS) is 26.0. The first-order valence-electron chi connectivity index (χ1n) is 7.71. The summed E-state index contributed by atoms with van der Waals surface area (Å²) in [6, 6.07) is 5.06. The van der Waals surface area contributed by atoms with Gasteiger partial charge in [-0.2, -0.15) is 0 Å². The van der Waals surface area contributed by atoms with Gasteiger partial charge in [0.15, 0.2) is 0 Å². The summed E-state index contributed by atoms with van der Waals surface area (Å²) in [6.45, 7) is 0. The zero-order chi connectivity index (χ0) is 15.7. The summed E-state index contributed by atoms with van der Waals surface area (Å²) in [6.07, 6.45) is 5.74. The minimum absolute atomic E-state index is 0. The van der Waals surface area contributed by atoms with Crippen molar-refractivity contribution in [3.05, 3.63) is 28.8 Å². The summed E-state index contributed by atoms with van der Waals surface area (Å²) in [5, 5.41) is 6.57. The average Bonchev–Trinajstić information content (AvgIpc) is 2.93. The van der Waals surface area contributed by atoms with Crippen LogP contribution in [0.25, 0.3) is 0 Å². The summed E-state index contributed by atoms with van der Waals surface area (Å²) in [5.74, 6) is -0.0610. The zero-order valence-corrected chi connectivity index (χ0v) is 14.3. The predicted octanol–water partition coefficient (Wildman–Crippen LogP) is 2.72. The summed E-state index contributed by atoms with van der Waals surface area (Å²) in [7, 11) is 0. The van der Waals surface area contributed by atoms with Gasteiger partial charge in [0.25, 0.3) is 0 Å². The number of hydrogen-bond acceptors (Lipinski definition) is 3. The van der Waals surface area contributed by atoms with Gasteiger partial charge in [0, 0.05) is 11.7 Å². The molecule has 0 radical (unpaired) electrons. The van der Waals surface area contributed by atoms with Crippen LogP contribution in [0.5, 0.6) is 0 Å². The molecule has 3 rings (SSSR count). The van der Waals surface area contributed by atoms with E-state index in [4.69, 9.17) is 17.3 Å². The van der Waals surface area contributed by atoms with E-state index in [0.29, 0.717) is 17.6 Å². The Morgan fingerprint density at radius 3 is 2.70 bits per heavy atom. The third-order valence-electron chi connectivity index (χ3n) is 4.68. The lowest BCUT2D eigenvalue weighted by atomic mass is 9.85. The standard InChI is InChI=1S/C16H20ClN3O2.ClH/c17-12-6-5-10(8-11(12)15(18)21)19-16(22)14-7-9-3-1-2-4-13(9)20-14;/h5-6,8-9,13-14,20H,1-4,7H2,(H2,18,21)(H,19,22);1H. The number of amides is 2. The van der Waals surface area contributed by atoms with Crippen molar-refractivity contribution in [2.75, 3.05) is 5.32 Å². The molecule has 1 heterocycles. The molecule has 1 saturated carbocycles. The molecule has 1 aliphatic heterocycles. The maximum Gasteiger partial charge on any atom is 0.250 e. The number of halogens is 2. The number of rotatable bonds is 3. The maximum absolute atomic E-state index is 12.4. The minimum atomic E-state index is -0.605. The van der Waals surface area contributed by atoms with Crippen LogP contribution in [-0.2, 0) is 4.79 Å². The number of carbonyl (C=O) groups excluding carboxylic acids is 2. The Morgan fingerprint density at radius 1 is 1.26 bits per heavy atom. The molecule has 2 fully saturated rings. The average molecular weight is 358 g/mol. The number of fused-ring (bicyclic) bond motifs is 1. The first-order valence-corrected chi connectivity index (χ1v) is 8.08. The predicted molar refractivity (Wildman–Crippen MR) is 93.1 cm³/mol. The van der Waals surface area contributed by atoms with Crippen molar-refractivity contribution < 1.29 is 9.59 Å². The van der Waals surface area contributed by atoms with Crippen LogP contribution in [-0.4, -0.2) is 23.9 Å². The fourth-order valence-corrected chi connectivity index (χ4v) is 3.75. The Kier molecular flexibility index (Phi) is 5.89. The van der Waals surface area contributed by atoms with Gasteiger partial charge in [-0.05, 0) is 43.4 Å². The molecule has 7 heteroatoms. The highest BCUT2D eigenvalue weighted by Crippen LogP contribution is 2.33. The summed E-state index contributed by atoms with van der Waals surface area (Å²) in [4.78, 5) is 23.7. The molecular formula is C16H21Cl2N3O2. The van der Waals surface area contributed by atoms with Crippen LogP contribution in [0, 0.1) is 5.92 Å². The van der Waals surface area contributed by atoms with Crippen molar-refractivity contribution in [2.24, 2.45) is 11.7 Å². The second-order valence-corrected chi connectivity index (χ2v) is 6.56. The van der Waals surface area contributed by atoms with Gasteiger partial charge < -0.3 is 16.4 Å². The van der Waals surface area contributed by atoms with E-state index in [1.807, 2.05) is 0 Å². The van der Waals surface area contributed by atoms with E-state index in [1.165, 1.54) is 25.3 Å². The molecule has 1 aliphatic carbocycles. The fourth-order valence-electron chi connectivity index (χ4n) is 3.54. The molecule has 2 aliphatic rings. The molecule has 2 amide bonds. The van der Waals surface area contributed by atoms with Crippen LogP contribution < -0.4 is 16.4 Å². The van der Waals surface area contributed by atoms with E-state index >= 15 is 0 Å². The Labute approximate surface area is 146 Å². The lowest BCUT2D eigenvalue weighted by Crippen LogP contribution is -2.39. The van der Waals surface area contributed by atoms with Crippen molar-refractivity contribution in [2.45, 2.75) is 44.2 Å². The fraction of sp³-hybridized carbons (Fsp3) is 0.500. The molecule has 1 aromatic rings. The van der Waals surface area contributed by atoms with Gasteiger partial charge in [-0.25, -0.2) is 0 Å². The van der Waals surface area contributed by atoms with Gasteiger partial charge in [-0.1, -0.05) is 24.4 Å². The molecular weight excluding hydrogens is 337 g/mol. The highest BCUT2D eigenvalue weighted by molar-refractivity contribution is 6.34. The van der Waals surface area contributed by atoms with Crippen molar-refractivity contribution in [1.29, 1.82) is 0 Å². The van der Waals surface area contributed by atoms with E-state index in [2.05, 4.69) is 10.6 Å². The molecule has 0 aromatic heterocycles. The lowest BCUT2D eigenvalue weighted by Gasteiger charge is -2.24. The molecule has 5 nitrogen and oxygen atoms in total. The number of nitrogens with two attached hydrogens (primary N) is 1. The van der Waals surface area contributed by atoms with E-state index < -0.39 is 5.91 Å². The van der Waals surface area contributed by atoms with E-state index in [9.17, 15) is 9.59 Å². The molecule has 0 bridgehead atoms. The van der Waals surface area contributed by atoms with Gasteiger partial charge in [0.05, 0.1) is 16.6 Å². The highest BCUT2D eigenvalue weighted by Gasteiger charge is 2.38. The van der Waals surface area contributed by atoms with E-state index in [1.54, 1.807) is 12.1 Å². The molecule has 4 N–H and O–H groups in total. The quantitative estimate of drug-likeness (QED) is 0.777. The Bertz CT molecular complexity index is 595. The van der Waals surface area contributed by atoms with Crippen LogP contribution >= 0.6 is 24.0 Å². The molecule has 126 valence electrons. The number of hydrogen-bond donors (Lipinski definition) is 3. The maximum atomic E-state index is 12.4. The lowest BCUT2D eigenvalue weighted by molar-refractivity contribution is -0.117. The number of nitrogens with one attached hydrogen (secondary N) is 2. The van der Waals surface area contributed by atoms with Crippen LogP contribution in [0.15, 0.2) is 18.2 Å². The van der Waals surface area contributed by atoms with Crippen LogP contribution in [0.1, 0.15) is 42.5 Å². The highest BCUT2D eigenvalue weighted by atomic mass is 35.5. The number of primary amides is 1. The van der Waals surface area contributed by atoms with Crippen LogP contribution in [0.4, 0.5) is 5.69 Å². The number of benzene rings is 1. The molecule has 3 atom stereocenters. The van der Waals surface area contributed by atoms with Crippen molar-refractivity contribution in [3.63, 3.8) is 0 Å². The smallest absolute Gasteiger partial charge is 0.250 e. The van der Waals surface area contributed by atoms with Crippen LogP contribution in [0.2, 0.25) is 5.02 Å². The molecule has 1 saturated heterocycles. The van der Waals surface area contributed by atoms with E-state index in [0.717, 1.165) is 12.8 Å². The third kappa shape index (κ3) is 3.97. The van der Waals surface area contributed by atoms with Gasteiger partial charge >= 0.3 is 0 Å². The van der Waals surface area contributed by atoms with Crippen molar-refractivity contribution in [1.82, 2.24) is 5.32 Å². The molecule has 3 unspecified atom stereocenters. The first-order chi connectivity index (χ1) is 10.5. The first kappa shape index (κ1) is 18.0. The third-order valence-corrected chi connectivity index (χ3v) is 5.01. The monoisotopic (exact) mass is 357 g/mol. The SMILES string of the molecule is Cl.NC(=O)c1cc(NC(=O)C2CC3CCCCC3N2)ccc1Cl. The molecule has 1 aromatic carbocycles. The topological polar surface area (TPSA) is 84.2 Å². The Hall–Kier alpha value is -1.30. The molecule has 0 spiro atoms. The van der Waals surface area contributed by atoms with Crippen molar-refractivity contribution >= 4 is 41.5 Å². The van der Waals surface area contributed by atoms with E-state index in [-0.39, 0.29) is 34.9 Å². The zero-order valence-electron chi connectivity index (χ0n) is 12.7. The number of carbonyl (C=O) groups is 2. The summed E-state index contributed by atoms with van der Waals surface area (Å²) < 4.78 is 0. The second kappa shape index (κ2) is 7.51. The minimum Gasteiger partial charge on any atom is -0.366 e. The summed E-state index contributed by atoms with van der Waals surface area (Å²) >= 11 is 5.91.